The normalized spacial score (nSPS) is 9.39. The lowest BCUT2D eigenvalue weighted by molar-refractivity contribution is -0.385. The van der Waals surface area contributed by atoms with E-state index in [4.69, 9.17) is 0 Å². The second-order valence-corrected chi connectivity index (χ2v) is 4.45. The van der Waals surface area contributed by atoms with Crippen molar-refractivity contribution < 1.29 is 4.92 Å². The fraction of sp³-hybridized carbons (Fsp3) is 0. The van der Waals surface area contributed by atoms with Crippen LogP contribution in [-0.4, -0.2) is 4.92 Å². The van der Waals surface area contributed by atoms with Crippen LogP contribution in [0.4, 0.5) is 5.69 Å². The van der Waals surface area contributed by atoms with Crippen molar-refractivity contribution in [3.63, 3.8) is 0 Å². The molecule has 0 atom stereocenters. The van der Waals surface area contributed by atoms with Crippen molar-refractivity contribution >= 4 is 21.6 Å². The van der Waals surface area contributed by atoms with Crippen molar-refractivity contribution in [3.8, 4) is 11.8 Å². The van der Waals surface area contributed by atoms with Crippen molar-refractivity contribution in [2.75, 3.05) is 0 Å². The summed E-state index contributed by atoms with van der Waals surface area (Å²) in [5.41, 5.74) is 1.25. The van der Waals surface area contributed by atoms with E-state index in [9.17, 15) is 10.1 Å². The van der Waals surface area contributed by atoms with Gasteiger partial charge in [0.1, 0.15) is 5.56 Å². The number of nitro groups is 1. The van der Waals surface area contributed by atoms with Crippen LogP contribution in [0, 0.1) is 22.0 Å². The predicted molar refractivity (Wildman–Crippen MR) is 73.2 cm³/mol. The minimum atomic E-state index is -0.426. The number of benzene rings is 2. The van der Waals surface area contributed by atoms with Crippen molar-refractivity contribution in [2.45, 2.75) is 0 Å². The Balaban J connectivity index is 2.39. The molecule has 18 heavy (non-hydrogen) atoms. The van der Waals surface area contributed by atoms with Crippen LogP contribution in [0.1, 0.15) is 11.1 Å². The van der Waals surface area contributed by atoms with Gasteiger partial charge in [-0.15, -0.1) is 0 Å². The lowest BCUT2D eigenvalue weighted by Gasteiger charge is -1.94. The topological polar surface area (TPSA) is 43.1 Å². The first-order valence-electron chi connectivity index (χ1n) is 5.18. The van der Waals surface area contributed by atoms with E-state index in [0.717, 1.165) is 10.0 Å². The molecule has 0 bridgehead atoms. The summed E-state index contributed by atoms with van der Waals surface area (Å²) in [5, 5.41) is 10.8. The molecular formula is C14H8BrNO2. The molecule has 0 saturated heterocycles. The summed E-state index contributed by atoms with van der Waals surface area (Å²) in [6, 6.07) is 13.9. The van der Waals surface area contributed by atoms with Crippen LogP contribution in [0.25, 0.3) is 0 Å². The Hall–Kier alpha value is -2.12. The Morgan fingerprint density at radius 2 is 1.83 bits per heavy atom. The number of hydrogen-bond donors (Lipinski definition) is 0. The first-order valence-corrected chi connectivity index (χ1v) is 5.97. The summed E-state index contributed by atoms with van der Waals surface area (Å²) < 4.78 is 0.928. The van der Waals surface area contributed by atoms with E-state index < -0.39 is 4.92 Å². The minimum absolute atomic E-state index is 0.0278. The first kappa shape index (κ1) is 12.3. The third-order valence-corrected chi connectivity index (χ3v) is 2.76. The number of para-hydroxylation sites is 1. The van der Waals surface area contributed by atoms with Crippen LogP contribution in [0.15, 0.2) is 53.0 Å². The van der Waals surface area contributed by atoms with E-state index in [-0.39, 0.29) is 5.69 Å². The fourth-order valence-electron chi connectivity index (χ4n) is 1.44. The molecule has 0 amide bonds. The number of rotatable bonds is 1. The van der Waals surface area contributed by atoms with Gasteiger partial charge in [0, 0.05) is 16.1 Å². The van der Waals surface area contributed by atoms with Crippen molar-refractivity contribution in [1.82, 2.24) is 0 Å². The highest BCUT2D eigenvalue weighted by atomic mass is 79.9. The molecule has 0 saturated carbocycles. The summed E-state index contributed by atoms with van der Waals surface area (Å²) in [4.78, 5) is 10.4. The summed E-state index contributed by atoms with van der Waals surface area (Å²) in [5.74, 6) is 5.74. The molecule has 0 aliphatic carbocycles. The maximum Gasteiger partial charge on any atom is 0.284 e. The molecular weight excluding hydrogens is 294 g/mol. The van der Waals surface area contributed by atoms with E-state index in [1.165, 1.54) is 6.07 Å². The highest BCUT2D eigenvalue weighted by Gasteiger charge is 2.09. The Morgan fingerprint density at radius 1 is 1.06 bits per heavy atom. The molecule has 0 heterocycles. The zero-order chi connectivity index (χ0) is 13.0. The summed E-state index contributed by atoms with van der Waals surface area (Å²) >= 11 is 3.35. The van der Waals surface area contributed by atoms with Crippen LogP contribution in [0.5, 0.6) is 0 Å². The maximum atomic E-state index is 10.8. The molecule has 2 aromatic rings. The van der Waals surface area contributed by atoms with Gasteiger partial charge in [0.05, 0.1) is 4.92 Å². The number of nitrogens with zero attached hydrogens (tertiary/aromatic N) is 1. The van der Waals surface area contributed by atoms with Crippen LogP contribution in [0.2, 0.25) is 0 Å². The smallest absolute Gasteiger partial charge is 0.258 e. The largest absolute Gasteiger partial charge is 0.284 e. The average Bonchev–Trinajstić information content (AvgIpc) is 2.37. The molecule has 0 radical (unpaired) electrons. The molecule has 0 spiro atoms. The second kappa shape index (κ2) is 5.48. The van der Waals surface area contributed by atoms with Crippen molar-refractivity contribution in [3.05, 3.63) is 74.2 Å². The van der Waals surface area contributed by atoms with Crippen molar-refractivity contribution in [2.24, 2.45) is 0 Å². The third-order valence-electron chi connectivity index (χ3n) is 2.27. The quantitative estimate of drug-likeness (QED) is 0.457. The SMILES string of the molecule is O=[N+]([O-])c1ccccc1C#Cc1cccc(Br)c1. The van der Waals surface area contributed by atoms with Gasteiger partial charge in [0.15, 0.2) is 0 Å². The monoisotopic (exact) mass is 301 g/mol. The molecule has 4 heteroatoms. The Kier molecular flexibility index (Phi) is 3.75. The molecule has 2 rings (SSSR count). The predicted octanol–water partition coefficient (Wildman–Crippen LogP) is 3.76. The highest BCUT2D eigenvalue weighted by Crippen LogP contribution is 2.16. The number of hydrogen-bond acceptors (Lipinski definition) is 2. The van der Waals surface area contributed by atoms with Gasteiger partial charge in [-0.05, 0) is 24.3 Å². The van der Waals surface area contributed by atoms with E-state index in [1.54, 1.807) is 18.2 Å². The molecule has 0 fully saturated rings. The molecule has 2 aromatic carbocycles. The van der Waals surface area contributed by atoms with Gasteiger partial charge < -0.3 is 0 Å². The molecule has 0 aliphatic rings. The molecule has 88 valence electrons. The summed E-state index contributed by atoms with van der Waals surface area (Å²) in [6.45, 7) is 0. The minimum Gasteiger partial charge on any atom is -0.258 e. The fourth-order valence-corrected chi connectivity index (χ4v) is 1.84. The van der Waals surface area contributed by atoms with Gasteiger partial charge in [0.25, 0.3) is 5.69 Å². The van der Waals surface area contributed by atoms with Gasteiger partial charge in [-0.25, -0.2) is 0 Å². The van der Waals surface area contributed by atoms with E-state index >= 15 is 0 Å². The first-order chi connectivity index (χ1) is 8.66. The van der Waals surface area contributed by atoms with Gasteiger partial charge in [0.2, 0.25) is 0 Å². The Labute approximate surface area is 113 Å². The standard InChI is InChI=1S/C14H8BrNO2/c15-13-6-3-4-11(10-13)8-9-12-5-1-2-7-14(12)16(17)18/h1-7,10H. The van der Waals surface area contributed by atoms with Gasteiger partial charge in [-0.1, -0.05) is 46.0 Å². The van der Waals surface area contributed by atoms with Gasteiger partial charge >= 0.3 is 0 Å². The van der Waals surface area contributed by atoms with Crippen molar-refractivity contribution in [1.29, 1.82) is 0 Å². The molecule has 3 nitrogen and oxygen atoms in total. The van der Waals surface area contributed by atoms with Crippen LogP contribution in [0.3, 0.4) is 0 Å². The maximum absolute atomic E-state index is 10.8. The zero-order valence-corrected chi connectivity index (χ0v) is 10.8. The summed E-state index contributed by atoms with van der Waals surface area (Å²) in [7, 11) is 0. The Bertz CT molecular complexity index is 656. The van der Waals surface area contributed by atoms with E-state index in [1.807, 2.05) is 24.3 Å². The molecule has 0 aromatic heterocycles. The Morgan fingerprint density at radius 3 is 2.56 bits per heavy atom. The van der Waals surface area contributed by atoms with Crippen LogP contribution < -0.4 is 0 Å². The molecule has 0 unspecified atom stereocenters. The van der Waals surface area contributed by atoms with Crippen LogP contribution in [-0.2, 0) is 0 Å². The zero-order valence-electron chi connectivity index (χ0n) is 9.26. The van der Waals surface area contributed by atoms with E-state index in [2.05, 4.69) is 27.8 Å². The van der Waals surface area contributed by atoms with E-state index in [0.29, 0.717) is 5.56 Å². The second-order valence-electron chi connectivity index (χ2n) is 3.53. The lowest BCUT2D eigenvalue weighted by Crippen LogP contribution is -1.91. The number of halogens is 1. The average molecular weight is 302 g/mol. The highest BCUT2D eigenvalue weighted by molar-refractivity contribution is 9.10. The van der Waals surface area contributed by atoms with Gasteiger partial charge in [-0.3, -0.25) is 10.1 Å². The lowest BCUT2D eigenvalue weighted by atomic mass is 10.1. The summed E-state index contributed by atoms with van der Waals surface area (Å²) in [6.07, 6.45) is 0. The number of nitro benzene ring substituents is 1. The third kappa shape index (κ3) is 2.96. The molecule has 0 aliphatic heterocycles. The van der Waals surface area contributed by atoms with Gasteiger partial charge in [-0.2, -0.15) is 0 Å². The van der Waals surface area contributed by atoms with Crippen LogP contribution >= 0.6 is 15.9 Å². The molecule has 0 N–H and O–H groups in total.